The van der Waals surface area contributed by atoms with E-state index in [0.29, 0.717) is 12.1 Å². The van der Waals surface area contributed by atoms with Gasteiger partial charge in [-0.15, -0.1) is 0 Å². The van der Waals surface area contributed by atoms with Gasteiger partial charge in [0.25, 0.3) is 0 Å². The van der Waals surface area contributed by atoms with E-state index in [2.05, 4.69) is 10.1 Å². The third kappa shape index (κ3) is 3.99. The smallest absolute Gasteiger partial charge is 0.307 e. The zero-order valence-corrected chi connectivity index (χ0v) is 11.4. The molecule has 1 unspecified atom stereocenters. The monoisotopic (exact) mass is 271 g/mol. The molecule has 1 aromatic rings. The number of benzene rings is 1. The first-order valence-corrected chi connectivity index (χ1v) is 6.20. The summed E-state index contributed by atoms with van der Waals surface area (Å²) in [4.78, 5) is 11.5. The Morgan fingerprint density at radius 2 is 2.05 bits per heavy atom. The van der Waals surface area contributed by atoms with E-state index in [1.165, 1.54) is 13.2 Å². The van der Waals surface area contributed by atoms with Gasteiger partial charge in [0.05, 0.1) is 19.1 Å². The molecule has 0 spiro atoms. The van der Waals surface area contributed by atoms with Crippen LogP contribution in [0.5, 0.6) is 0 Å². The minimum atomic E-state index is -0.924. The molecular formula is C14H19F2NO2. The van der Waals surface area contributed by atoms with Crippen molar-refractivity contribution in [3.05, 3.63) is 35.4 Å². The van der Waals surface area contributed by atoms with Crippen molar-refractivity contribution >= 4 is 5.97 Å². The van der Waals surface area contributed by atoms with Gasteiger partial charge in [0.15, 0.2) is 11.6 Å². The molecule has 0 bridgehead atoms. The van der Waals surface area contributed by atoms with Crippen LogP contribution in [0, 0.1) is 11.6 Å². The number of ether oxygens (including phenoxy) is 1. The number of methoxy groups -OCH3 is 1. The summed E-state index contributed by atoms with van der Waals surface area (Å²) >= 11 is 0. The van der Waals surface area contributed by atoms with Gasteiger partial charge in [-0.3, -0.25) is 4.79 Å². The lowest BCUT2D eigenvalue weighted by Gasteiger charge is -2.30. The minimum absolute atomic E-state index is 0.0502. The van der Waals surface area contributed by atoms with Gasteiger partial charge in [0.2, 0.25) is 0 Å². The van der Waals surface area contributed by atoms with Crippen LogP contribution in [0.3, 0.4) is 0 Å². The summed E-state index contributed by atoms with van der Waals surface area (Å²) in [6.45, 7) is 4.41. The second-order valence-electron chi connectivity index (χ2n) is 4.64. The van der Waals surface area contributed by atoms with Gasteiger partial charge in [-0.1, -0.05) is 13.0 Å². The van der Waals surface area contributed by atoms with Crippen LogP contribution < -0.4 is 5.32 Å². The van der Waals surface area contributed by atoms with E-state index in [1.807, 2.05) is 6.92 Å². The maximum absolute atomic E-state index is 13.3. The number of carbonyl (C=O) groups excluding carboxylic acids is 1. The zero-order chi connectivity index (χ0) is 14.5. The van der Waals surface area contributed by atoms with E-state index in [-0.39, 0.29) is 6.42 Å². The van der Waals surface area contributed by atoms with Gasteiger partial charge in [-0.05, 0) is 37.6 Å². The molecule has 1 N–H and O–H groups in total. The average molecular weight is 271 g/mol. The molecule has 106 valence electrons. The zero-order valence-electron chi connectivity index (χ0n) is 11.4. The fourth-order valence-electron chi connectivity index (χ4n) is 1.87. The number of halogens is 2. The van der Waals surface area contributed by atoms with E-state index >= 15 is 0 Å². The van der Waals surface area contributed by atoms with Crippen LogP contribution >= 0.6 is 0 Å². The van der Waals surface area contributed by atoms with E-state index < -0.39 is 23.1 Å². The number of hydrogen-bond acceptors (Lipinski definition) is 3. The van der Waals surface area contributed by atoms with Crippen molar-refractivity contribution in [1.29, 1.82) is 0 Å². The highest BCUT2D eigenvalue weighted by Crippen LogP contribution is 2.26. The molecule has 1 aromatic carbocycles. The molecule has 0 amide bonds. The van der Waals surface area contributed by atoms with Gasteiger partial charge in [-0.25, -0.2) is 8.78 Å². The summed E-state index contributed by atoms with van der Waals surface area (Å²) in [5, 5.41) is 3.18. The van der Waals surface area contributed by atoms with Crippen LogP contribution in [-0.2, 0) is 15.1 Å². The second-order valence-corrected chi connectivity index (χ2v) is 4.64. The number of hydrogen-bond donors (Lipinski definition) is 1. The molecule has 0 aliphatic rings. The second kappa shape index (κ2) is 6.61. The fourth-order valence-corrected chi connectivity index (χ4v) is 1.87. The molecule has 1 atom stereocenters. The average Bonchev–Trinajstić information content (AvgIpc) is 2.39. The molecule has 1 rings (SSSR count). The van der Waals surface area contributed by atoms with Crippen molar-refractivity contribution in [2.45, 2.75) is 32.2 Å². The van der Waals surface area contributed by atoms with Crippen molar-refractivity contribution in [2.75, 3.05) is 13.7 Å². The van der Waals surface area contributed by atoms with Crippen molar-refractivity contribution in [1.82, 2.24) is 5.32 Å². The highest BCUT2D eigenvalue weighted by Gasteiger charge is 2.30. The fraction of sp³-hybridized carbons (Fsp3) is 0.500. The maximum Gasteiger partial charge on any atom is 0.307 e. The highest BCUT2D eigenvalue weighted by atomic mass is 19.2. The van der Waals surface area contributed by atoms with Crippen molar-refractivity contribution in [2.24, 2.45) is 0 Å². The predicted molar refractivity (Wildman–Crippen MR) is 68.6 cm³/mol. The molecule has 3 nitrogen and oxygen atoms in total. The lowest BCUT2D eigenvalue weighted by molar-refractivity contribution is -0.142. The summed E-state index contributed by atoms with van der Waals surface area (Å²) in [6, 6.07) is 3.65. The lowest BCUT2D eigenvalue weighted by atomic mass is 9.88. The number of carbonyl (C=O) groups is 1. The number of esters is 1. The Morgan fingerprint density at radius 3 is 2.58 bits per heavy atom. The Balaban J connectivity index is 3.06. The first kappa shape index (κ1) is 15.6. The molecule has 0 aliphatic heterocycles. The molecule has 5 heteroatoms. The van der Waals surface area contributed by atoms with Gasteiger partial charge < -0.3 is 10.1 Å². The van der Waals surface area contributed by atoms with Crippen molar-refractivity contribution in [3.63, 3.8) is 0 Å². The van der Waals surface area contributed by atoms with E-state index in [4.69, 9.17) is 0 Å². The van der Waals surface area contributed by atoms with Crippen LogP contribution in [0.15, 0.2) is 18.2 Å². The normalized spacial score (nSPS) is 13.9. The maximum atomic E-state index is 13.3. The first-order chi connectivity index (χ1) is 8.92. The van der Waals surface area contributed by atoms with Gasteiger partial charge in [-0.2, -0.15) is 0 Å². The van der Waals surface area contributed by atoms with Crippen LogP contribution in [0.25, 0.3) is 0 Å². The molecule has 0 aliphatic carbocycles. The van der Waals surface area contributed by atoms with E-state index in [0.717, 1.165) is 18.6 Å². The topological polar surface area (TPSA) is 38.3 Å². The quantitative estimate of drug-likeness (QED) is 0.808. The minimum Gasteiger partial charge on any atom is -0.469 e. The van der Waals surface area contributed by atoms with Gasteiger partial charge >= 0.3 is 5.97 Å². The van der Waals surface area contributed by atoms with Gasteiger partial charge in [0.1, 0.15) is 0 Å². The first-order valence-electron chi connectivity index (χ1n) is 6.20. The third-order valence-corrected chi connectivity index (χ3v) is 3.05. The summed E-state index contributed by atoms with van der Waals surface area (Å²) < 4.78 is 31.0. The summed E-state index contributed by atoms with van der Waals surface area (Å²) in [5.74, 6) is -2.23. The van der Waals surface area contributed by atoms with E-state index in [9.17, 15) is 13.6 Å². The van der Waals surface area contributed by atoms with Crippen molar-refractivity contribution < 1.29 is 18.3 Å². The van der Waals surface area contributed by atoms with Crippen LogP contribution in [0.2, 0.25) is 0 Å². The summed E-state index contributed by atoms with van der Waals surface area (Å²) in [7, 11) is 1.30. The Morgan fingerprint density at radius 1 is 1.37 bits per heavy atom. The van der Waals surface area contributed by atoms with Crippen LogP contribution in [0.1, 0.15) is 32.3 Å². The molecule has 0 fully saturated rings. The molecule has 0 saturated carbocycles. The van der Waals surface area contributed by atoms with Crippen molar-refractivity contribution in [3.8, 4) is 0 Å². The number of nitrogens with one attached hydrogen (secondary N) is 1. The molecule has 19 heavy (non-hydrogen) atoms. The molecule has 0 saturated heterocycles. The van der Waals surface area contributed by atoms with Crippen LogP contribution in [-0.4, -0.2) is 19.6 Å². The Hall–Kier alpha value is -1.49. The third-order valence-electron chi connectivity index (χ3n) is 3.05. The van der Waals surface area contributed by atoms with E-state index in [1.54, 1.807) is 6.92 Å². The Kier molecular flexibility index (Phi) is 5.42. The lowest BCUT2D eigenvalue weighted by Crippen LogP contribution is -2.42. The molecule has 0 heterocycles. The molecular weight excluding hydrogens is 252 g/mol. The predicted octanol–water partition coefficient (Wildman–Crippen LogP) is 2.74. The Labute approximate surface area is 112 Å². The SMILES string of the molecule is CCCNC(C)(CC(=O)OC)c1ccc(F)c(F)c1. The summed E-state index contributed by atoms with van der Waals surface area (Å²) in [5.41, 5.74) is -0.261. The standard InChI is InChI=1S/C14H19F2NO2/c1-4-7-17-14(2,9-13(18)19-3)10-5-6-11(15)12(16)8-10/h5-6,8,17H,4,7,9H2,1-3H3. The summed E-state index contributed by atoms with van der Waals surface area (Å²) in [6.07, 6.45) is 0.912. The highest BCUT2D eigenvalue weighted by molar-refractivity contribution is 5.71. The molecule has 0 aromatic heterocycles. The molecule has 0 radical (unpaired) electrons. The van der Waals surface area contributed by atoms with Crippen LogP contribution in [0.4, 0.5) is 8.78 Å². The number of rotatable bonds is 6. The van der Waals surface area contributed by atoms with Gasteiger partial charge in [0, 0.05) is 0 Å². The Bertz CT molecular complexity index is 451. The largest absolute Gasteiger partial charge is 0.469 e.